The van der Waals surface area contributed by atoms with E-state index in [4.69, 9.17) is 9.72 Å². The topological polar surface area (TPSA) is 56.1 Å². The molecule has 1 N–H and O–H groups in total. The van der Waals surface area contributed by atoms with Gasteiger partial charge in [-0.3, -0.25) is 4.79 Å². The number of ether oxygens (including phenoxy) is 1. The van der Waals surface area contributed by atoms with Crippen LogP contribution in [-0.4, -0.2) is 28.3 Å². The Balaban J connectivity index is 1.50. The Hall–Kier alpha value is -3.25. The number of hydrogen-bond donors (Lipinski definition) is 1. The molecule has 1 amide bonds. The van der Waals surface area contributed by atoms with Crippen LogP contribution in [0.3, 0.4) is 0 Å². The van der Waals surface area contributed by atoms with E-state index in [9.17, 15) is 4.79 Å². The second-order valence-electron chi connectivity index (χ2n) is 7.02. The number of aryl methyl sites for hydroxylation is 1. The van der Waals surface area contributed by atoms with E-state index >= 15 is 0 Å². The fourth-order valence-corrected chi connectivity index (χ4v) is 4.01. The number of rotatable bonds is 7. The minimum atomic E-state index is -0.0703. The number of methoxy groups -OCH3 is 1. The van der Waals surface area contributed by atoms with E-state index in [-0.39, 0.29) is 11.7 Å². The second kappa shape index (κ2) is 9.05. The van der Waals surface area contributed by atoms with E-state index in [0.717, 1.165) is 27.6 Å². The number of carbonyl (C=O) groups is 1. The molecule has 30 heavy (non-hydrogen) atoms. The summed E-state index contributed by atoms with van der Waals surface area (Å²) in [4.78, 5) is 17.2. The summed E-state index contributed by atoms with van der Waals surface area (Å²) in [5.41, 5.74) is 5.18. The highest BCUT2D eigenvalue weighted by molar-refractivity contribution is 7.99. The molecule has 0 aliphatic rings. The Bertz CT molecular complexity index is 1150. The van der Waals surface area contributed by atoms with Crippen LogP contribution in [0.4, 0.5) is 5.69 Å². The number of nitrogens with one attached hydrogen (secondary N) is 1. The molecule has 0 saturated carbocycles. The summed E-state index contributed by atoms with van der Waals surface area (Å²) in [6.07, 6.45) is 0. The van der Waals surface area contributed by atoms with Crippen LogP contribution < -0.4 is 10.1 Å². The normalized spacial score (nSPS) is 10.9. The number of hydrogen-bond acceptors (Lipinski definition) is 4. The van der Waals surface area contributed by atoms with Gasteiger partial charge in [-0.1, -0.05) is 53.7 Å². The average Bonchev–Trinajstić information content (AvgIpc) is 3.12. The maximum Gasteiger partial charge on any atom is 0.234 e. The van der Waals surface area contributed by atoms with Gasteiger partial charge in [-0.05, 0) is 48.9 Å². The molecule has 6 heteroatoms. The maximum atomic E-state index is 12.5. The van der Waals surface area contributed by atoms with E-state index < -0.39 is 0 Å². The molecule has 0 spiro atoms. The molecule has 0 saturated heterocycles. The number of nitrogens with zero attached hydrogens (tertiary/aromatic N) is 2. The standard InChI is InChI=1S/C24H23N3O2S/c1-17-7-9-18(10-8-17)15-27-22-6-4-3-5-21(22)26-24(27)30-16-23(28)25-19-11-13-20(29-2)14-12-19/h3-14H,15-16H2,1-2H3,(H,25,28). The minimum absolute atomic E-state index is 0.0703. The molecule has 4 aromatic rings. The molecule has 3 aromatic carbocycles. The van der Waals surface area contributed by atoms with E-state index in [1.165, 1.54) is 22.9 Å². The first-order valence-electron chi connectivity index (χ1n) is 9.70. The van der Waals surface area contributed by atoms with Crippen molar-refractivity contribution in [3.8, 4) is 5.75 Å². The van der Waals surface area contributed by atoms with Gasteiger partial charge in [0.05, 0.1) is 30.4 Å². The van der Waals surface area contributed by atoms with Crippen molar-refractivity contribution >= 4 is 34.4 Å². The van der Waals surface area contributed by atoms with Crippen LogP contribution in [0.1, 0.15) is 11.1 Å². The van der Waals surface area contributed by atoms with Crippen LogP contribution >= 0.6 is 11.8 Å². The first kappa shape index (κ1) is 20.0. The van der Waals surface area contributed by atoms with Gasteiger partial charge in [0.25, 0.3) is 0 Å². The molecule has 0 radical (unpaired) electrons. The SMILES string of the molecule is COc1ccc(NC(=O)CSc2nc3ccccc3n2Cc2ccc(C)cc2)cc1. The number of benzene rings is 3. The summed E-state index contributed by atoms with van der Waals surface area (Å²) in [7, 11) is 1.62. The van der Waals surface area contributed by atoms with Gasteiger partial charge in [0.15, 0.2) is 5.16 Å². The van der Waals surface area contributed by atoms with E-state index in [1.807, 2.05) is 42.5 Å². The van der Waals surface area contributed by atoms with Crippen molar-refractivity contribution in [1.29, 1.82) is 0 Å². The van der Waals surface area contributed by atoms with Gasteiger partial charge in [0, 0.05) is 5.69 Å². The lowest BCUT2D eigenvalue weighted by Crippen LogP contribution is -2.14. The maximum absolute atomic E-state index is 12.5. The summed E-state index contributed by atoms with van der Waals surface area (Å²) < 4.78 is 7.32. The Morgan fingerprint density at radius 3 is 2.50 bits per heavy atom. The highest BCUT2D eigenvalue weighted by atomic mass is 32.2. The minimum Gasteiger partial charge on any atom is -0.497 e. The third kappa shape index (κ3) is 4.66. The van der Waals surface area contributed by atoms with Gasteiger partial charge in [-0.15, -0.1) is 0 Å². The molecular weight excluding hydrogens is 394 g/mol. The molecule has 1 heterocycles. The number of anilines is 1. The van der Waals surface area contributed by atoms with Crippen LogP contribution in [0.5, 0.6) is 5.75 Å². The lowest BCUT2D eigenvalue weighted by molar-refractivity contribution is -0.113. The van der Waals surface area contributed by atoms with Crippen LogP contribution in [0.2, 0.25) is 0 Å². The van der Waals surface area contributed by atoms with Crippen LogP contribution in [0, 0.1) is 6.92 Å². The van der Waals surface area contributed by atoms with Crippen molar-refractivity contribution in [1.82, 2.24) is 9.55 Å². The van der Waals surface area contributed by atoms with Gasteiger partial charge in [-0.2, -0.15) is 0 Å². The number of para-hydroxylation sites is 2. The van der Waals surface area contributed by atoms with Crippen molar-refractivity contribution in [2.75, 3.05) is 18.2 Å². The van der Waals surface area contributed by atoms with E-state index in [1.54, 1.807) is 7.11 Å². The number of imidazole rings is 1. The third-order valence-corrected chi connectivity index (χ3v) is 5.76. The smallest absolute Gasteiger partial charge is 0.234 e. The summed E-state index contributed by atoms with van der Waals surface area (Å²) in [6.45, 7) is 2.79. The van der Waals surface area contributed by atoms with Crippen molar-refractivity contribution in [3.63, 3.8) is 0 Å². The highest BCUT2D eigenvalue weighted by Crippen LogP contribution is 2.26. The highest BCUT2D eigenvalue weighted by Gasteiger charge is 2.13. The van der Waals surface area contributed by atoms with Crippen LogP contribution in [0.25, 0.3) is 11.0 Å². The van der Waals surface area contributed by atoms with Crippen molar-refractivity contribution in [2.24, 2.45) is 0 Å². The molecule has 152 valence electrons. The fraction of sp³-hybridized carbons (Fsp3) is 0.167. The lowest BCUT2D eigenvalue weighted by Gasteiger charge is -2.10. The number of amides is 1. The molecule has 0 unspecified atom stereocenters. The van der Waals surface area contributed by atoms with Crippen molar-refractivity contribution < 1.29 is 9.53 Å². The monoisotopic (exact) mass is 417 g/mol. The van der Waals surface area contributed by atoms with Crippen LogP contribution in [0.15, 0.2) is 78.0 Å². The van der Waals surface area contributed by atoms with Crippen molar-refractivity contribution in [3.05, 3.63) is 83.9 Å². The molecule has 4 rings (SSSR count). The number of carbonyl (C=O) groups excluding carboxylic acids is 1. The Morgan fingerprint density at radius 1 is 1.03 bits per heavy atom. The first-order chi connectivity index (χ1) is 14.6. The molecule has 0 bridgehead atoms. The molecule has 0 aliphatic carbocycles. The average molecular weight is 418 g/mol. The number of fused-ring (bicyclic) bond motifs is 1. The lowest BCUT2D eigenvalue weighted by atomic mass is 10.1. The van der Waals surface area contributed by atoms with E-state index in [0.29, 0.717) is 6.54 Å². The Kier molecular flexibility index (Phi) is 6.05. The second-order valence-corrected chi connectivity index (χ2v) is 7.96. The van der Waals surface area contributed by atoms with Gasteiger partial charge in [0.1, 0.15) is 5.75 Å². The summed E-state index contributed by atoms with van der Waals surface area (Å²) in [6, 6.07) is 23.9. The fourth-order valence-electron chi connectivity index (χ4n) is 3.19. The summed E-state index contributed by atoms with van der Waals surface area (Å²) in [5, 5.41) is 3.76. The quantitative estimate of drug-likeness (QED) is 0.424. The summed E-state index contributed by atoms with van der Waals surface area (Å²) in [5.74, 6) is 0.967. The zero-order valence-corrected chi connectivity index (χ0v) is 17.8. The number of thioether (sulfide) groups is 1. The third-order valence-electron chi connectivity index (χ3n) is 4.79. The summed E-state index contributed by atoms with van der Waals surface area (Å²) >= 11 is 1.45. The van der Waals surface area contributed by atoms with Gasteiger partial charge in [0.2, 0.25) is 5.91 Å². The molecule has 5 nitrogen and oxygen atoms in total. The molecule has 0 atom stereocenters. The Morgan fingerprint density at radius 2 is 1.77 bits per heavy atom. The van der Waals surface area contributed by atoms with Gasteiger partial charge in [-0.25, -0.2) is 4.98 Å². The largest absolute Gasteiger partial charge is 0.497 e. The van der Waals surface area contributed by atoms with Crippen molar-refractivity contribution in [2.45, 2.75) is 18.6 Å². The van der Waals surface area contributed by atoms with Gasteiger partial charge < -0.3 is 14.6 Å². The first-order valence-corrected chi connectivity index (χ1v) is 10.7. The van der Waals surface area contributed by atoms with Crippen LogP contribution in [-0.2, 0) is 11.3 Å². The van der Waals surface area contributed by atoms with E-state index in [2.05, 4.69) is 47.1 Å². The molecule has 1 aromatic heterocycles. The predicted octanol–water partition coefficient (Wildman–Crippen LogP) is 5.13. The Labute approximate surface area is 180 Å². The number of aromatic nitrogens is 2. The van der Waals surface area contributed by atoms with Gasteiger partial charge >= 0.3 is 0 Å². The predicted molar refractivity (Wildman–Crippen MR) is 122 cm³/mol. The molecule has 0 aliphatic heterocycles. The molecule has 0 fully saturated rings. The zero-order chi connectivity index (χ0) is 20.9. The molecular formula is C24H23N3O2S. The zero-order valence-electron chi connectivity index (χ0n) is 17.0.